The summed E-state index contributed by atoms with van der Waals surface area (Å²) in [4.78, 5) is 0. The lowest BCUT2D eigenvalue weighted by Crippen LogP contribution is -2.12. The predicted octanol–water partition coefficient (Wildman–Crippen LogP) is 2.33. The highest BCUT2D eigenvalue weighted by molar-refractivity contribution is 7.84. The first-order chi connectivity index (χ1) is 7.58. The quantitative estimate of drug-likeness (QED) is 0.862. The number of hydrogen-bond donors (Lipinski definition) is 1. The Kier molecular flexibility index (Phi) is 5.09. The summed E-state index contributed by atoms with van der Waals surface area (Å²) in [6, 6.07) is 4.76. The highest BCUT2D eigenvalue weighted by atomic mass is 32.2. The molecule has 0 spiro atoms. The molecule has 0 amide bonds. The Balaban J connectivity index is 2.83. The fourth-order valence-corrected chi connectivity index (χ4v) is 2.53. The second kappa shape index (κ2) is 6.11. The maximum Gasteiger partial charge on any atom is 0.127 e. The standard InChI is InChI=1S/C12H18FNOS/c1-3-9(2)16(15)8-11-6-10(7-14)4-5-12(11)13/h4-6,9H,3,7-8,14H2,1-2H3. The smallest absolute Gasteiger partial charge is 0.127 e. The van der Waals surface area contributed by atoms with E-state index in [1.165, 1.54) is 6.07 Å². The Hall–Kier alpha value is -0.740. The fraction of sp³-hybridized carbons (Fsp3) is 0.500. The van der Waals surface area contributed by atoms with Gasteiger partial charge in [0.05, 0.1) is 5.75 Å². The second-order valence-corrected chi connectivity index (χ2v) is 5.73. The van der Waals surface area contributed by atoms with Gasteiger partial charge in [0.1, 0.15) is 5.82 Å². The van der Waals surface area contributed by atoms with Gasteiger partial charge in [-0.2, -0.15) is 0 Å². The minimum absolute atomic E-state index is 0.0981. The summed E-state index contributed by atoms with van der Waals surface area (Å²) in [5, 5.41) is 0.0981. The predicted molar refractivity (Wildman–Crippen MR) is 65.9 cm³/mol. The van der Waals surface area contributed by atoms with Crippen LogP contribution in [0.3, 0.4) is 0 Å². The molecular formula is C12H18FNOS. The van der Waals surface area contributed by atoms with Gasteiger partial charge in [0, 0.05) is 28.2 Å². The average Bonchev–Trinajstić information content (AvgIpc) is 2.30. The van der Waals surface area contributed by atoms with Crippen LogP contribution in [-0.2, 0) is 23.1 Å². The Morgan fingerprint density at radius 2 is 2.19 bits per heavy atom. The molecule has 4 heteroatoms. The molecular weight excluding hydrogens is 225 g/mol. The molecule has 0 saturated heterocycles. The second-order valence-electron chi connectivity index (χ2n) is 3.87. The largest absolute Gasteiger partial charge is 0.326 e. The summed E-state index contributed by atoms with van der Waals surface area (Å²) in [5.74, 6) is -0.0249. The zero-order valence-electron chi connectivity index (χ0n) is 9.70. The molecule has 1 aromatic rings. The monoisotopic (exact) mass is 243 g/mol. The lowest BCUT2D eigenvalue weighted by atomic mass is 10.1. The van der Waals surface area contributed by atoms with Crippen molar-refractivity contribution in [2.75, 3.05) is 0 Å². The summed E-state index contributed by atoms with van der Waals surface area (Å²) < 4.78 is 25.3. The molecule has 2 unspecified atom stereocenters. The van der Waals surface area contributed by atoms with E-state index in [4.69, 9.17) is 5.73 Å². The Bertz CT molecular complexity index is 381. The van der Waals surface area contributed by atoms with Crippen molar-refractivity contribution >= 4 is 10.8 Å². The average molecular weight is 243 g/mol. The van der Waals surface area contributed by atoms with Crippen molar-refractivity contribution in [3.8, 4) is 0 Å². The number of benzene rings is 1. The summed E-state index contributed by atoms with van der Waals surface area (Å²) >= 11 is 0. The molecule has 2 atom stereocenters. The molecule has 2 nitrogen and oxygen atoms in total. The van der Waals surface area contributed by atoms with E-state index in [1.807, 2.05) is 13.8 Å². The molecule has 0 aliphatic rings. The molecule has 0 fully saturated rings. The van der Waals surface area contributed by atoms with Gasteiger partial charge in [-0.1, -0.05) is 26.0 Å². The normalized spacial score (nSPS) is 14.8. The van der Waals surface area contributed by atoms with Crippen LogP contribution in [-0.4, -0.2) is 9.46 Å². The molecule has 0 aliphatic heterocycles. The van der Waals surface area contributed by atoms with E-state index in [1.54, 1.807) is 12.1 Å². The third kappa shape index (κ3) is 3.39. The molecule has 16 heavy (non-hydrogen) atoms. The van der Waals surface area contributed by atoms with Crippen LogP contribution in [0.2, 0.25) is 0 Å². The van der Waals surface area contributed by atoms with Crippen molar-refractivity contribution < 1.29 is 8.60 Å². The van der Waals surface area contributed by atoms with E-state index < -0.39 is 10.8 Å². The van der Waals surface area contributed by atoms with Crippen molar-refractivity contribution in [3.05, 3.63) is 35.1 Å². The van der Waals surface area contributed by atoms with Crippen molar-refractivity contribution in [2.24, 2.45) is 5.73 Å². The minimum Gasteiger partial charge on any atom is -0.326 e. The first-order valence-corrected chi connectivity index (χ1v) is 6.81. The van der Waals surface area contributed by atoms with E-state index in [0.717, 1.165) is 12.0 Å². The summed E-state index contributed by atoms with van der Waals surface area (Å²) in [6.07, 6.45) is 0.838. The molecule has 1 aromatic carbocycles. The fourth-order valence-electron chi connectivity index (χ4n) is 1.35. The maximum atomic E-state index is 13.5. The highest BCUT2D eigenvalue weighted by Crippen LogP contribution is 2.15. The van der Waals surface area contributed by atoms with E-state index in [2.05, 4.69) is 0 Å². The van der Waals surface area contributed by atoms with Crippen molar-refractivity contribution in [3.63, 3.8) is 0 Å². The number of halogens is 1. The van der Waals surface area contributed by atoms with E-state index in [-0.39, 0.29) is 16.8 Å². The summed E-state index contributed by atoms with van der Waals surface area (Å²) in [7, 11) is -1.02. The van der Waals surface area contributed by atoms with Gasteiger partial charge in [0.15, 0.2) is 0 Å². The van der Waals surface area contributed by atoms with Gasteiger partial charge in [0.2, 0.25) is 0 Å². The van der Waals surface area contributed by atoms with Crippen LogP contribution in [0.15, 0.2) is 18.2 Å². The molecule has 1 rings (SSSR count). The van der Waals surface area contributed by atoms with Gasteiger partial charge < -0.3 is 5.73 Å². The van der Waals surface area contributed by atoms with Crippen LogP contribution in [0.5, 0.6) is 0 Å². The molecule has 0 heterocycles. The van der Waals surface area contributed by atoms with Crippen LogP contribution in [0.1, 0.15) is 31.4 Å². The Morgan fingerprint density at radius 1 is 1.50 bits per heavy atom. The molecule has 0 bridgehead atoms. The first-order valence-electron chi connectivity index (χ1n) is 5.43. The van der Waals surface area contributed by atoms with Gasteiger partial charge >= 0.3 is 0 Å². The third-order valence-corrected chi connectivity index (χ3v) is 4.49. The third-order valence-electron chi connectivity index (χ3n) is 2.67. The Morgan fingerprint density at radius 3 is 2.75 bits per heavy atom. The topological polar surface area (TPSA) is 43.1 Å². The van der Waals surface area contributed by atoms with Crippen LogP contribution in [0.4, 0.5) is 4.39 Å². The SMILES string of the molecule is CCC(C)S(=O)Cc1cc(CN)ccc1F. The van der Waals surface area contributed by atoms with Gasteiger partial charge in [-0.15, -0.1) is 0 Å². The van der Waals surface area contributed by atoms with Crippen LogP contribution in [0.25, 0.3) is 0 Å². The van der Waals surface area contributed by atoms with Gasteiger partial charge in [-0.05, 0) is 18.1 Å². The van der Waals surface area contributed by atoms with E-state index >= 15 is 0 Å². The van der Waals surface area contributed by atoms with Crippen LogP contribution >= 0.6 is 0 Å². The minimum atomic E-state index is -1.02. The molecule has 90 valence electrons. The molecule has 0 radical (unpaired) electrons. The first kappa shape index (κ1) is 13.3. The van der Waals surface area contributed by atoms with Crippen molar-refractivity contribution in [2.45, 2.75) is 37.8 Å². The number of nitrogens with two attached hydrogens (primary N) is 1. The number of rotatable bonds is 5. The van der Waals surface area contributed by atoms with Gasteiger partial charge in [-0.25, -0.2) is 4.39 Å². The molecule has 2 N–H and O–H groups in total. The van der Waals surface area contributed by atoms with Crippen LogP contribution < -0.4 is 5.73 Å². The zero-order valence-corrected chi connectivity index (χ0v) is 10.5. The molecule has 0 aliphatic carbocycles. The highest BCUT2D eigenvalue weighted by Gasteiger charge is 2.12. The molecule has 0 saturated carbocycles. The van der Waals surface area contributed by atoms with E-state index in [9.17, 15) is 8.60 Å². The van der Waals surface area contributed by atoms with Crippen LogP contribution in [0, 0.1) is 5.82 Å². The zero-order chi connectivity index (χ0) is 12.1. The lowest BCUT2D eigenvalue weighted by Gasteiger charge is -2.10. The summed E-state index contributed by atoms with van der Waals surface area (Å²) in [6.45, 7) is 4.28. The van der Waals surface area contributed by atoms with Gasteiger partial charge in [0.25, 0.3) is 0 Å². The lowest BCUT2D eigenvalue weighted by molar-refractivity contribution is 0.613. The maximum absolute atomic E-state index is 13.5. The van der Waals surface area contributed by atoms with Gasteiger partial charge in [-0.3, -0.25) is 4.21 Å². The van der Waals surface area contributed by atoms with E-state index in [0.29, 0.717) is 12.1 Å². The summed E-state index contributed by atoms with van der Waals surface area (Å²) in [5.41, 5.74) is 6.86. The Labute approximate surface area is 98.5 Å². The van der Waals surface area contributed by atoms with Crippen molar-refractivity contribution in [1.29, 1.82) is 0 Å². The molecule has 0 aromatic heterocycles. The van der Waals surface area contributed by atoms with Crippen molar-refractivity contribution in [1.82, 2.24) is 0 Å². The number of hydrogen-bond acceptors (Lipinski definition) is 2.